The number of benzene rings is 2. The average Bonchev–Trinajstić information content (AvgIpc) is 3.23. The summed E-state index contributed by atoms with van der Waals surface area (Å²) in [5.41, 5.74) is 3.42. The molecule has 0 bridgehead atoms. The Labute approximate surface area is 187 Å². The van der Waals surface area contributed by atoms with Crippen molar-refractivity contribution in [3.05, 3.63) is 75.9 Å². The van der Waals surface area contributed by atoms with E-state index in [1.54, 1.807) is 14.2 Å². The molecule has 0 radical (unpaired) electrons. The second-order valence-electron chi connectivity index (χ2n) is 6.83. The maximum absolute atomic E-state index is 12.8. The number of carbonyl (C=O) groups excluding carboxylic acids is 1. The first-order valence-electron chi connectivity index (χ1n) is 9.63. The highest BCUT2D eigenvalue weighted by atomic mass is 32.2. The SMILES string of the molecule is COc1ccccc1CNC(=O)CSc1nc2c(-c3ccccc3)csc2c(=O)n1C. The first-order chi connectivity index (χ1) is 15.1. The van der Waals surface area contributed by atoms with Gasteiger partial charge in [0.25, 0.3) is 5.56 Å². The van der Waals surface area contributed by atoms with Gasteiger partial charge in [-0.25, -0.2) is 4.98 Å². The van der Waals surface area contributed by atoms with Crippen LogP contribution < -0.4 is 15.6 Å². The summed E-state index contributed by atoms with van der Waals surface area (Å²) in [6.45, 7) is 0.373. The summed E-state index contributed by atoms with van der Waals surface area (Å²) in [5.74, 6) is 0.751. The quantitative estimate of drug-likeness (QED) is 0.339. The summed E-state index contributed by atoms with van der Waals surface area (Å²) >= 11 is 2.65. The largest absolute Gasteiger partial charge is 0.496 e. The lowest BCUT2D eigenvalue weighted by molar-refractivity contribution is -0.118. The fourth-order valence-electron chi connectivity index (χ4n) is 3.20. The summed E-state index contributed by atoms with van der Waals surface area (Å²) < 4.78 is 7.44. The number of hydrogen-bond acceptors (Lipinski definition) is 6. The minimum atomic E-state index is -0.140. The third kappa shape index (κ3) is 4.50. The Kier molecular flexibility index (Phi) is 6.39. The lowest BCUT2D eigenvalue weighted by atomic mass is 10.1. The lowest BCUT2D eigenvalue weighted by Crippen LogP contribution is -2.26. The number of aromatic nitrogens is 2. The number of ether oxygens (including phenoxy) is 1. The molecule has 4 aromatic rings. The van der Waals surface area contributed by atoms with Crippen LogP contribution in [0.15, 0.2) is 69.9 Å². The Hall–Kier alpha value is -3.10. The molecule has 0 aliphatic carbocycles. The molecular weight excluding hydrogens is 430 g/mol. The topological polar surface area (TPSA) is 73.2 Å². The monoisotopic (exact) mass is 451 g/mol. The molecule has 2 heterocycles. The molecule has 4 rings (SSSR count). The van der Waals surface area contributed by atoms with Gasteiger partial charge < -0.3 is 10.1 Å². The predicted octanol–water partition coefficient (Wildman–Crippen LogP) is 4.08. The number of nitrogens with one attached hydrogen (secondary N) is 1. The Balaban J connectivity index is 1.51. The number of amides is 1. The van der Waals surface area contributed by atoms with Crippen LogP contribution in [0.2, 0.25) is 0 Å². The van der Waals surface area contributed by atoms with E-state index in [-0.39, 0.29) is 17.2 Å². The second-order valence-corrected chi connectivity index (χ2v) is 8.65. The van der Waals surface area contributed by atoms with Crippen molar-refractivity contribution in [2.24, 2.45) is 7.05 Å². The van der Waals surface area contributed by atoms with Crippen molar-refractivity contribution >= 4 is 39.2 Å². The molecule has 31 heavy (non-hydrogen) atoms. The number of para-hydroxylation sites is 1. The van der Waals surface area contributed by atoms with Gasteiger partial charge >= 0.3 is 0 Å². The van der Waals surface area contributed by atoms with E-state index in [0.29, 0.717) is 21.9 Å². The van der Waals surface area contributed by atoms with Crippen molar-refractivity contribution in [1.29, 1.82) is 0 Å². The summed E-state index contributed by atoms with van der Waals surface area (Å²) in [5, 5.41) is 5.37. The van der Waals surface area contributed by atoms with Gasteiger partial charge in [-0.3, -0.25) is 14.2 Å². The molecule has 158 valence electrons. The highest BCUT2D eigenvalue weighted by molar-refractivity contribution is 7.99. The van der Waals surface area contributed by atoms with Gasteiger partial charge in [0.05, 0.1) is 18.4 Å². The molecule has 2 aromatic carbocycles. The standard InChI is InChI=1S/C23H21N3O3S2/c1-26-22(28)21-20(17(13-30-21)15-8-4-3-5-9-15)25-23(26)31-14-19(27)24-12-16-10-6-7-11-18(16)29-2/h3-11,13H,12,14H2,1-2H3,(H,24,27). The molecule has 0 aliphatic rings. The maximum atomic E-state index is 12.8. The molecule has 0 saturated carbocycles. The van der Waals surface area contributed by atoms with E-state index >= 15 is 0 Å². The zero-order valence-electron chi connectivity index (χ0n) is 17.1. The maximum Gasteiger partial charge on any atom is 0.271 e. The van der Waals surface area contributed by atoms with E-state index in [1.807, 2.05) is 60.0 Å². The molecule has 0 atom stereocenters. The smallest absolute Gasteiger partial charge is 0.271 e. The number of thioether (sulfide) groups is 1. The molecular formula is C23H21N3O3S2. The molecule has 2 aromatic heterocycles. The van der Waals surface area contributed by atoms with E-state index in [0.717, 1.165) is 22.4 Å². The van der Waals surface area contributed by atoms with E-state index in [2.05, 4.69) is 5.32 Å². The summed E-state index contributed by atoms with van der Waals surface area (Å²) in [6.07, 6.45) is 0. The van der Waals surface area contributed by atoms with Gasteiger partial charge in [-0.15, -0.1) is 11.3 Å². The van der Waals surface area contributed by atoms with Gasteiger partial charge in [0, 0.05) is 30.1 Å². The van der Waals surface area contributed by atoms with Gasteiger partial charge in [0.15, 0.2) is 5.16 Å². The van der Waals surface area contributed by atoms with Gasteiger partial charge in [0.2, 0.25) is 5.91 Å². The first kappa shape index (κ1) is 21.1. The first-order valence-corrected chi connectivity index (χ1v) is 11.5. The zero-order valence-corrected chi connectivity index (χ0v) is 18.8. The molecule has 0 fully saturated rings. The average molecular weight is 452 g/mol. The van der Waals surface area contributed by atoms with Crippen LogP contribution in [-0.4, -0.2) is 28.3 Å². The van der Waals surface area contributed by atoms with Crippen molar-refractivity contribution in [3.8, 4) is 16.9 Å². The molecule has 1 N–H and O–H groups in total. The van der Waals surface area contributed by atoms with Gasteiger partial charge in [-0.2, -0.15) is 0 Å². The third-order valence-corrected chi connectivity index (χ3v) is 6.83. The number of carbonyl (C=O) groups is 1. The predicted molar refractivity (Wildman–Crippen MR) is 126 cm³/mol. The number of nitrogens with zero attached hydrogens (tertiary/aromatic N) is 2. The number of hydrogen-bond donors (Lipinski definition) is 1. The molecule has 0 spiro atoms. The van der Waals surface area contributed by atoms with Crippen molar-refractivity contribution in [2.75, 3.05) is 12.9 Å². The number of thiophene rings is 1. The Morgan fingerprint density at radius 1 is 1.16 bits per heavy atom. The molecule has 0 unspecified atom stereocenters. The number of rotatable bonds is 7. The Morgan fingerprint density at radius 3 is 2.68 bits per heavy atom. The molecule has 0 saturated heterocycles. The van der Waals surface area contributed by atoms with Gasteiger partial charge in [0.1, 0.15) is 10.4 Å². The minimum absolute atomic E-state index is 0.103. The zero-order chi connectivity index (χ0) is 21.8. The van der Waals surface area contributed by atoms with Crippen molar-refractivity contribution < 1.29 is 9.53 Å². The van der Waals surface area contributed by atoms with E-state index < -0.39 is 0 Å². The van der Waals surface area contributed by atoms with E-state index in [1.165, 1.54) is 27.7 Å². The molecule has 0 aliphatic heterocycles. The number of methoxy groups -OCH3 is 1. The second kappa shape index (κ2) is 9.36. The molecule has 8 heteroatoms. The van der Waals surface area contributed by atoms with Crippen LogP contribution in [0.5, 0.6) is 5.75 Å². The van der Waals surface area contributed by atoms with Crippen LogP contribution in [0, 0.1) is 0 Å². The van der Waals surface area contributed by atoms with Crippen LogP contribution in [0.25, 0.3) is 21.3 Å². The fraction of sp³-hybridized carbons (Fsp3) is 0.174. The minimum Gasteiger partial charge on any atom is -0.496 e. The highest BCUT2D eigenvalue weighted by Gasteiger charge is 2.16. The normalized spacial score (nSPS) is 10.9. The van der Waals surface area contributed by atoms with Gasteiger partial charge in [-0.1, -0.05) is 60.3 Å². The molecule has 6 nitrogen and oxygen atoms in total. The highest BCUT2D eigenvalue weighted by Crippen LogP contribution is 2.32. The van der Waals surface area contributed by atoms with Crippen LogP contribution in [-0.2, 0) is 18.4 Å². The van der Waals surface area contributed by atoms with Crippen molar-refractivity contribution in [2.45, 2.75) is 11.7 Å². The Bertz CT molecular complexity index is 1280. The van der Waals surface area contributed by atoms with Crippen molar-refractivity contribution in [1.82, 2.24) is 14.9 Å². The fourth-order valence-corrected chi connectivity index (χ4v) is 4.98. The third-order valence-electron chi connectivity index (χ3n) is 4.84. The summed E-state index contributed by atoms with van der Waals surface area (Å²) in [7, 11) is 3.29. The van der Waals surface area contributed by atoms with Crippen LogP contribution in [0.3, 0.4) is 0 Å². The van der Waals surface area contributed by atoms with Crippen LogP contribution in [0.1, 0.15) is 5.56 Å². The van der Waals surface area contributed by atoms with E-state index in [9.17, 15) is 9.59 Å². The number of fused-ring (bicyclic) bond motifs is 1. The van der Waals surface area contributed by atoms with Crippen LogP contribution >= 0.6 is 23.1 Å². The Morgan fingerprint density at radius 2 is 1.90 bits per heavy atom. The lowest BCUT2D eigenvalue weighted by Gasteiger charge is -2.10. The summed E-state index contributed by atoms with van der Waals surface area (Å²) in [6, 6.07) is 17.4. The molecule has 1 amide bonds. The van der Waals surface area contributed by atoms with Crippen LogP contribution in [0.4, 0.5) is 0 Å². The van der Waals surface area contributed by atoms with Crippen molar-refractivity contribution in [3.63, 3.8) is 0 Å². The summed E-state index contributed by atoms with van der Waals surface area (Å²) in [4.78, 5) is 30.0. The van der Waals surface area contributed by atoms with E-state index in [4.69, 9.17) is 9.72 Å². The van der Waals surface area contributed by atoms with Gasteiger partial charge in [-0.05, 0) is 11.6 Å².